The number of nitrogens with one attached hydrogen (secondary N) is 1. The topological polar surface area (TPSA) is 52.5 Å². The number of nitriles is 1. The standard InChI is InChI=1S/C15H13N3S/c16-8-4-3-7-15-18-14(10-19-15)12-9-17-13-6-2-1-5-11(12)13/h1-2,5-6,9-10,17H,3-4,7H2. The van der Waals surface area contributed by atoms with Gasteiger partial charge in [0.15, 0.2) is 0 Å². The maximum absolute atomic E-state index is 8.55. The molecule has 0 spiro atoms. The van der Waals surface area contributed by atoms with Crippen LogP contribution in [0.2, 0.25) is 0 Å². The SMILES string of the molecule is N#CCCCc1nc(-c2c[nH]c3ccccc23)cs1. The number of aromatic amines is 1. The first kappa shape index (κ1) is 11.9. The molecule has 0 aliphatic rings. The Hall–Kier alpha value is -2.12. The summed E-state index contributed by atoms with van der Waals surface area (Å²) in [6.07, 6.45) is 4.39. The fraction of sp³-hybridized carbons (Fsp3) is 0.200. The minimum atomic E-state index is 0.599. The number of fused-ring (bicyclic) bond motifs is 1. The van der Waals surface area contributed by atoms with Crippen molar-refractivity contribution in [3.63, 3.8) is 0 Å². The van der Waals surface area contributed by atoms with Crippen LogP contribution in [0.15, 0.2) is 35.8 Å². The van der Waals surface area contributed by atoms with Gasteiger partial charge in [-0.3, -0.25) is 0 Å². The van der Waals surface area contributed by atoms with Gasteiger partial charge in [0, 0.05) is 40.9 Å². The van der Waals surface area contributed by atoms with Crippen molar-refractivity contribution in [3.05, 3.63) is 40.8 Å². The second kappa shape index (κ2) is 5.25. The molecule has 94 valence electrons. The summed E-state index contributed by atoms with van der Waals surface area (Å²) in [5.74, 6) is 0. The van der Waals surface area contributed by atoms with Crippen molar-refractivity contribution >= 4 is 22.2 Å². The van der Waals surface area contributed by atoms with Gasteiger partial charge in [-0.05, 0) is 12.5 Å². The zero-order valence-electron chi connectivity index (χ0n) is 10.4. The third kappa shape index (κ3) is 2.38. The third-order valence-electron chi connectivity index (χ3n) is 3.10. The highest BCUT2D eigenvalue weighted by molar-refractivity contribution is 7.09. The van der Waals surface area contributed by atoms with Gasteiger partial charge in [-0.1, -0.05) is 18.2 Å². The van der Waals surface area contributed by atoms with Crippen LogP contribution in [0, 0.1) is 11.3 Å². The van der Waals surface area contributed by atoms with E-state index in [9.17, 15) is 0 Å². The molecule has 19 heavy (non-hydrogen) atoms. The third-order valence-corrected chi connectivity index (χ3v) is 4.00. The molecule has 1 N–H and O–H groups in total. The maximum Gasteiger partial charge on any atom is 0.0932 e. The Bertz CT molecular complexity index is 733. The maximum atomic E-state index is 8.55. The van der Waals surface area contributed by atoms with Crippen LogP contribution in [0.4, 0.5) is 0 Å². The van der Waals surface area contributed by atoms with Gasteiger partial charge in [-0.15, -0.1) is 11.3 Å². The van der Waals surface area contributed by atoms with Crippen molar-refractivity contribution in [2.75, 3.05) is 0 Å². The Balaban J connectivity index is 1.88. The second-order valence-corrected chi connectivity index (χ2v) is 5.33. The molecule has 0 atom stereocenters. The van der Waals surface area contributed by atoms with Crippen LogP contribution in [0.25, 0.3) is 22.2 Å². The molecule has 2 aromatic heterocycles. The number of thiazole rings is 1. The Labute approximate surface area is 115 Å². The smallest absolute Gasteiger partial charge is 0.0932 e. The van der Waals surface area contributed by atoms with Gasteiger partial charge in [-0.25, -0.2) is 4.98 Å². The molecule has 3 nitrogen and oxygen atoms in total. The van der Waals surface area contributed by atoms with E-state index in [2.05, 4.69) is 33.5 Å². The van der Waals surface area contributed by atoms with Crippen LogP contribution in [0.3, 0.4) is 0 Å². The molecule has 0 amide bonds. The molecule has 0 bridgehead atoms. The Morgan fingerprint density at radius 3 is 3.11 bits per heavy atom. The van der Waals surface area contributed by atoms with Crippen LogP contribution in [0.5, 0.6) is 0 Å². The van der Waals surface area contributed by atoms with Crippen molar-refractivity contribution in [1.82, 2.24) is 9.97 Å². The normalized spacial score (nSPS) is 10.7. The lowest BCUT2D eigenvalue weighted by Gasteiger charge is -1.94. The Morgan fingerprint density at radius 1 is 1.32 bits per heavy atom. The summed E-state index contributed by atoms with van der Waals surface area (Å²) in [5.41, 5.74) is 3.31. The van der Waals surface area contributed by atoms with Crippen LogP contribution in [0.1, 0.15) is 17.8 Å². The van der Waals surface area contributed by atoms with Gasteiger partial charge >= 0.3 is 0 Å². The Kier molecular flexibility index (Phi) is 3.30. The van der Waals surface area contributed by atoms with E-state index in [-0.39, 0.29) is 0 Å². The zero-order valence-corrected chi connectivity index (χ0v) is 11.2. The average molecular weight is 267 g/mol. The average Bonchev–Trinajstić information content (AvgIpc) is 3.05. The van der Waals surface area contributed by atoms with Crippen molar-refractivity contribution in [1.29, 1.82) is 5.26 Å². The van der Waals surface area contributed by atoms with Gasteiger partial charge in [0.2, 0.25) is 0 Å². The fourth-order valence-electron chi connectivity index (χ4n) is 2.15. The fourth-order valence-corrected chi connectivity index (χ4v) is 2.99. The van der Waals surface area contributed by atoms with E-state index < -0.39 is 0 Å². The summed E-state index contributed by atoms with van der Waals surface area (Å²) in [6.45, 7) is 0. The highest BCUT2D eigenvalue weighted by atomic mass is 32.1. The van der Waals surface area contributed by atoms with E-state index in [0.717, 1.165) is 34.6 Å². The van der Waals surface area contributed by atoms with E-state index in [1.807, 2.05) is 18.3 Å². The molecule has 0 aliphatic heterocycles. The first-order valence-corrected chi connectivity index (χ1v) is 7.14. The first-order valence-electron chi connectivity index (χ1n) is 6.26. The number of unbranched alkanes of at least 4 members (excludes halogenated alkanes) is 1. The number of nitrogens with zero attached hydrogens (tertiary/aromatic N) is 2. The van der Waals surface area contributed by atoms with Crippen molar-refractivity contribution in [2.45, 2.75) is 19.3 Å². The van der Waals surface area contributed by atoms with Crippen LogP contribution in [-0.2, 0) is 6.42 Å². The van der Waals surface area contributed by atoms with Crippen molar-refractivity contribution in [2.24, 2.45) is 0 Å². The Morgan fingerprint density at radius 2 is 2.21 bits per heavy atom. The summed E-state index contributed by atoms with van der Waals surface area (Å²) in [5, 5.41) is 13.0. The van der Waals surface area contributed by atoms with Crippen LogP contribution >= 0.6 is 11.3 Å². The van der Waals surface area contributed by atoms with Gasteiger partial charge < -0.3 is 4.98 Å². The highest BCUT2D eigenvalue weighted by Gasteiger charge is 2.09. The number of hydrogen-bond acceptors (Lipinski definition) is 3. The molecule has 0 saturated carbocycles. The van der Waals surface area contributed by atoms with E-state index in [4.69, 9.17) is 5.26 Å². The molecular weight excluding hydrogens is 254 g/mol. The molecule has 0 fully saturated rings. The zero-order chi connectivity index (χ0) is 13.1. The second-order valence-electron chi connectivity index (χ2n) is 4.39. The summed E-state index contributed by atoms with van der Waals surface area (Å²) in [7, 11) is 0. The van der Waals surface area contributed by atoms with E-state index in [1.54, 1.807) is 11.3 Å². The lowest BCUT2D eigenvalue weighted by molar-refractivity contribution is 0.843. The monoisotopic (exact) mass is 267 g/mol. The van der Waals surface area contributed by atoms with Gasteiger partial charge in [-0.2, -0.15) is 5.26 Å². The molecule has 0 saturated heterocycles. The van der Waals surface area contributed by atoms with Crippen LogP contribution in [-0.4, -0.2) is 9.97 Å². The molecule has 3 rings (SSSR count). The van der Waals surface area contributed by atoms with Gasteiger partial charge in [0.25, 0.3) is 0 Å². The number of H-pyrrole nitrogens is 1. The van der Waals surface area contributed by atoms with Crippen molar-refractivity contribution in [3.8, 4) is 17.3 Å². The summed E-state index contributed by atoms with van der Waals surface area (Å²) in [6, 6.07) is 10.4. The summed E-state index contributed by atoms with van der Waals surface area (Å²) >= 11 is 1.67. The minimum absolute atomic E-state index is 0.599. The number of aromatic nitrogens is 2. The highest BCUT2D eigenvalue weighted by Crippen LogP contribution is 2.29. The molecule has 2 heterocycles. The number of benzene rings is 1. The van der Waals surface area contributed by atoms with Crippen molar-refractivity contribution < 1.29 is 0 Å². The molecule has 0 aliphatic carbocycles. The summed E-state index contributed by atoms with van der Waals surface area (Å²) < 4.78 is 0. The number of aryl methyl sites for hydroxylation is 1. The van der Waals surface area contributed by atoms with Gasteiger partial charge in [0.05, 0.1) is 16.8 Å². The van der Waals surface area contributed by atoms with E-state index in [0.29, 0.717) is 6.42 Å². The molecule has 1 aromatic carbocycles. The molecule has 4 heteroatoms. The molecule has 0 unspecified atom stereocenters. The number of rotatable bonds is 4. The predicted octanol–water partition coefficient (Wildman–Crippen LogP) is 4.14. The van der Waals surface area contributed by atoms with Crippen LogP contribution < -0.4 is 0 Å². The largest absolute Gasteiger partial charge is 0.360 e. The van der Waals surface area contributed by atoms with E-state index >= 15 is 0 Å². The minimum Gasteiger partial charge on any atom is -0.360 e. The predicted molar refractivity (Wildman–Crippen MR) is 78.0 cm³/mol. The first-order chi connectivity index (χ1) is 9.38. The lowest BCUT2D eigenvalue weighted by Crippen LogP contribution is -1.84. The molecular formula is C15H13N3S. The van der Waals surface area contributed by atoms with Gasteiger partial charge in [0.1, 0.15) is 0 Å². The summed E-state index contributed by atoms with van der Waals surface area (Å²) in [4.78, 5) is 7.93. The molecule has 0 radical (unpaired) electrons. The molecule has 3 aromatic rings. The number of hydrogen-bond donors (Lipinski definition) is 1. The lowest BCUT2D eigenvalue weighted by atomic mass is 10.1. The van der Waals surface area contributed by atoms with E-state index in [1.165, 1.54) is 5.39 Å². The number of para-hydroxylation sites is 1. The quantitative estimate of drug-likeness (QED) is 0.722.